The lowest BCUT2D eigenvalue weighted by Crippen LogP contribution is -2.31. The largest absolute Gasteiger partial charge is 0.495 e. The van der Waals surface area contributed by atoms with Crippen LogP contribution in [-0.2, 0) is 4.79 Å². The first-order valence-corrected chi connectivity index (χ1v) is 4.37. The maximum absolute atomic E-state index is 10.9. The Bertz CT molecular complexity index is 367. The summed E-state index contributed by atoms with van der Waals surface area (Å²) in [5.74, 6) is 0.000537. The van der Waals surface area contributed by atoms with Crippen LogP contribution >= 0.6 is 0 Å². The fraction of sp³-hybridized carbons (Fsp3) is 0.222. The molecule has 0 unspecified atom stereocenters. The lowest BCUT2D eigenvalue weighted by Gasteiger charge is -2.12. The van der Waals surface area contributed by atoms with Gasteiger partial charge in [-0.15, -0.1) is 0 Å². The van der Waals surface area contributed by atoms with Crippen LogP contribution in [0.1, 0.15) is 6.92 Å². The molecular formula is C9H12BNO4. The highest BCUT2D eigenvalue weighted by molar-refractivity contribution is 6.60. The molecule has 80 valence electrons. The normalized spacial score (nSPS) is 9.60. The fourth-order valence-corrected chi connectivity index (χ4v) is 1.27. The smallest absolute Gasteiger partial charge is 0.492 e. The molecule has 1 rings (SSSR count). The van der Waals surface area contributed by atoms with Crippen LogP contribution in [0, 0.1) is 0 Å². The molecule has 0 aromatic heterocycles. The van der Waals surface area contributed by atoms with Gasteiger partial charge in [-0.05, 0) is 6.07 Å². The average molecular weight is 209 g/mol. The number of benzene rings is 1. The molecule has 0 atom stereocenters. The van der Waals surface area contributed by atoms with Gasteiger partial charge < -0.3 is 20.1 Å². The number of hydrogen-bond donors (Lipinski definition) is 3. The summed E-state index contributed by atoms with van der Waals surface area (Å²) in [6.07, 6.45) is 0. The highest BCUT2D eigenvalue weighted by Gasteiger charge is 2.19. The molecule has 5 nitrogen and oxygen atoms in total. The molecule has 15 heavy (non-hydrogen) atoms. The van der Waals surface area contributed by atoms with Crippen molar-refractivity contribution >= 4 is 24.2 Å². The van der Waals surface area contributed by atoms with Crippen molar-refractivity contribution in [3.63, 3.8) is 0 Å². The summed E-state index contributed by atoms with van der Waals surface area (Å²) in [6, 6.07) is 4.73. The van der Waals surface area contributed by atoms with Crippen molar-refractivity contribution in [1.82, 2.24) is 0 Å². The third-order valence-corrected chi connectivity index (χ3v) is 1.84. The van der Waals surface area contributed by atoms with Gasteiger partial charge in [0.15, 0.2) is 0 Å². The highest BCUT2D eigenvalue weighted by Crippen LogP contribution is 2.21. The Morgan fingerprint density at radius 2 is 2.13 bits per heavy atom. The zero-order valence-electron chi connectivity index (χ0n) is 8.52. The number of rotatable bonds is 3. The number of anilines is 1. The minimum Gasteiger partial charge on any atom is -0.495 e. The van der Waals surface area contributed by atoms with Crippen molar-refractivity contribution in [2.45, 2.75) is 6.92 Å². The van der Waals surface area contributed by atoms with E-state index in [0.29, 0.717) is 5.69 Å². The first kappa shape index (κ1) is 11.5. The second-order valence-electron chi connectivity index (χ2n) is 2.98. The van der Waals surface area contributed by atoms with Crippen LogP contribution in [0.2, 0.25) is 0 Å². The summed E-state index contributed by atoms with van der Waals surface area (Å²) < 4.78 is 5.00. The zero-order chi connectivity index (χ0) is 11.4. The molecule has 6 heteroatoms. The SMILES string of the molecule is COc1c(NC(C)=O)cccc1B(O)O. The maximum Gasteiger partial charge on any atom is 0.492 e. The lowest BCUT2D eigenvalue weighted by atomic mass is 9.79. The molecule has 0 aliphatic rings. The fourth-order valence-electron chi connectivity index (χ4n) is 1.27. The first-order valence-electron chi connectivity index (χ1n) is 4.37. The van der Waals surface area contributed by atoms with Gasteiger partial charge in [-0.25, -0.2) is 0 Å². The van der Waals surface area contributed by atoms with Crippen molar-refractivity contribution in [2.75, 3.05) is 12.4 Å². The Hall–Kier alpha value is -1.53. The second-order valence-corrected chi connectivity index (χ2v) is 2.98. The summed E-state index contributed by atoms with van der Waals surface area (Å²) >= 11 is 0. The van der Waals surface area contributed by atoms with Gasteiger partial charge in [0.2, 0.25) is 5.91 Å². The van der Waals surface area contributed by atoms with Crippen molar-refractivity contribution in [3.05, 3.63) is 18.2 Å². The monoisotopic (exact) mass is 209 g/mol. The van der Waals surface area contributed by atoms with Crippen LogP contribution in [0.15, 0.2) is 18.2 Å². The third kappa shape index (κ3) is 2.71. The van der Waals surface area contributed by atoms with Crippen LogP contribution < -0.4 is 15.5 Å². The summed E-state index contributed by atoms with van der Waals surface area (Å²) in [7, 11) is -0.236. The summed E-state index contributed by atoms with van der Waals surface area (Å²) in [6.45, 7) is 1.36. The summed E-state index contributed by atoms with van der Waals surface area (Å²) in [4.78, 5) is 10.9. The molecule has 0 fully saturated rings. The maximum atomic E-state index is 10.9. The van der Waals surface area contributed by atoms with E-state index >= 15 is 0 Å². The van der Waals surface area contributed by atoms with Gasteiger partial charge in [-0.3, -0.25) is 4.79 Å². The minimum absolute atomic E-state index is 0.212. The summed E-state index contributed by atoms with van der Waals surface area (Å²) in [5, 5.41) is 20.6. The topological polar surface area (TPSA) is 78.8 Å². The van der Waals surface area contributed by atoms with Gasteiger partial charge in [0.1, 0.15) is 5.75 Å². The van der Waals surface area contributed by atoms with Crippen LogP contribution in [0.3, 0.4) is 0 Å². The Morgan fingerprint density at radius 1 is 1.47 bits per heavy atom. The molecule has 1 aromatic carbocycles. The number of nitrogens with one attached hydrogen (secondary N) is 1. The van der Waals surface area contributed by atoms with Gasteiger partial charge in [-0.2, -0.15) is 0 Å². The van der Waals surface area contributed by atoms with Crippen molar-refractivity contribution < 1.29 is 19.6 Å². The molecule has 0 spiro atoms. The molecule has 0 heterocycles. The van der Waals surface area contributed by atoms with E-state index in [2.05, 4.69) is 5.32 Å². The van der Waals surface area contributed by atoms with Crippen LogP contribution in [0.4, 0.5) is 5.69 Å². The Morgan fingerprint density at radius 3 is 2.60 bits per heavy atom. The quantitative estimate of drug-likeness (QED) is 0.577. The number of amides is 1. The van der Waals surface area contributed by atoms with Gasteiger partial charge in [0, 0.05) is 12.4 Å². The van der Waals surface area contributed by atoms with Gasteiger partial charge in [-0.1, -0.05) is 12.1 Å². The number of ether oxygens (including phenoxy) is 1. The third-order valence-electron chi connectivity index (χ3n) is 1.84. The molecule has 0 bridgehead atoms. The highest BCUT2D eigenvalue weighted by atomic mass is 16.5. The molecule has 0 saturated carbocycles. The van der Waals surface area contributed by atoms with Gasteiger partial charge >= 0.3 is 7.12 Å². The van der Waals surface area contributed by atoms with E-state index in [0.717, 1.165) is 0 Å². The van der Waals surface area contributed by atoms with E-state index in [1.54, 1.807) is 12.1 Å². The standard InChI is InChI=1S/C9H12BNO4/c1-6(12)11-8-5-3-4-7(10(13)14)9(8)15-2/h3-5,13-14H,1-2H3,(H,11,12). The Labute approximate surface area is 87.8 Å². The minimum atomic E-state index is -1.63. The molecule has 0 radical (unpaired) electrons. The number of methoxy groups -OCH3 is 1. The number of carbonyl (C=O) groups excluding carboxylic acids is 1. The van der Waals surface area contributed by atoms with Crippen molar-refractivity contribution in [3.8, 4) is 5.75 Å². The molecule has 0 aliphatic heterocycles. The molecular weight excluding hydrogens is 197 g/mol. The van der Waals surface area contributed by atoms with E-state index < -0.39 is 7.12 Å². The van der Waals surface area contributed by atoms with Crippen LogP contribution in [-0.4, -0.2) is 30.2 Å². The number of carbonyl (C=O) groups is 1. The van der Waals surface area contributed by atoms with E-state index in [1.807, 2.05) is 0 Å². The molecule has 0 saturated heterocycles. The number of para-hydroxylation sites is 1. The molecule has 1 aromatic rings. The van der Waals surface area contributed by atoms with E-state index in [4.69, 9.17) is 14.8 Å². The molecule has 0 aliphatic carbocycles. The number of hydrogen-bond acceptors (Lipinski definition) is 4. The zero-order valence-corrected chi connectivity index (χ0v) is 8.52. The molecule has 3 N–H and O–H groups in total. The summed E-state index contributed by atoms with van der Waals surface area (Å²) in [5.41, 5.74) is 0.624. The first-order chi connectivity index (χ1) is 7.06. The van der Waals surface area contributed by atoms with Gasteiger partial charge in [0.05, 0.1) is 12.8 Å². The Kier molecular flexibility index (Phi) is 3.71. The van der Waals surface area contributed by atoms with Crippen molar-refractivity contribution in [2.24, 2.45) is 0 Å². The van der Waals surface area contributed by atoms with Crippen molar-refractivity contribution in [1.29, 1.82) is 0 Å². The average Bonchev–Trinajstić information content (AvgIpc) is 2.16. The van der Waals surface area contributed by atoms with Crippen LogP contribution in [0.25, 0.3) is 0 Å². The second kappa shape index (κ2) is 4.81. The van der Waals surface area contributed by atoms with Crippen LogP contribution in [0.5, 0.6) is 5.75 Å². The Balaban J connectivity index is 3.15. The molecule has 1 amide bonds. The predicted molar refractivity (Wildman–Crippen MR) is 57.1 cm³/mol. The lowest BCUT2D eigenvalue weighted by molar-refractivity contribution is -0.114. The van der Waals surface area contributed by atoms with E-state index in [1.165, 1.54) is 20.1 Å². The van der Waals surface area contributed by atoms with E-state index in [-0.39, 0.29) is 17.1 Å². The predicted octanol–water partition coefficient (Wildman–Crippen LogP) is -0.667. The van der Waals surface area contributed by atoms with E-state index in [9.17, 15) is 4.79 Å². The van der Waals surface area contributed by atoms with Gasteiger partial charge in [0.25, 0.3) is 0 Å².